The molecule has 1 aliphatic heterocycles. The molecular weight excluding hydrogens is 457 g/mol. The molecule has 0 amide bonds. The summed E-state index contributed by atoms with van der Waals surface area (Å²) in [5.41, 5.74) is -5.62. The van der Waals surface area contributed by atoms with Gasteiger partial charge in [-0.15, -0.1) is 0 Å². The van der Waals surface area contributed by atoms with E-state index in [-0.39, 0.29) is 43.0 Å². The van der Waals surface area contributed by atoms with E-state index in [1.165, 1.54) is 14.2 Å². The number of rotatable bonds is 8. The van der Waals surface area contributed by atoms with Crippen molar-refractivity contribution in [3.05, 3.63) is 17.7 Å². The normalized spacial score (nSPS) is 24.8. The number of hydrogen-bond acceptors (Lipinski definition) is 8. The van der Waals surface area contributed by atoms with Gasteiger partial charge in [-0.1, -0.05) is 0 Å². The fourth-order valence-corrected chi connectivity index (χ4v) is 4.89. The van der Waals surface area contributed by atoms with Crippen LogP contribution in [-0.2, 0) is 24.3 Å². The van der Waals surface area contributed by atoms with E-state index in [1.807, 2.05) is 13.8 Å². The highest BCUT2D eigenvalue weighted by molar-refractivity contribution is 7.88. The van der Waals surface area contributed by atoms with Gasteiger partial charge in [-0.25, -0.2) is 0 Å². The Labute approximate surface area is 185 Å². The second kappa shape index (κ2) is 9.24. The third-order valence-corrected chi connectivity index (χ3v) is 6.74. The standard InChI is InChI=1S/C20H27F3O8S/c1-19(2)15-6-5-12(28-10-26-3)7-14(15)18-16(29-11-27-4)8-13(9-17(18)30-19)31-32(24,25)20(21,22)23/h8-9,12,14-15H,5-7,10-11H2,1-4H3. The van der Waals surface area contributed by atoms with E-state index in [1.54, 1.807) is 0 Å². The van der Waals surface area contributed by atoms with E-state index in [0.29, 0.717) is 12.0 Å². The first-order valence-corrected chi connectivity index (χ1v) is 11.4. The molecule has 0 saturated heterocycles. The molecule has 1 aromatic rings. The molecule has 12 heteroatoms. The fourth-order valence-electron chi connectivity index (χ4n) is 4.45. The zero-order valence-electron chi connectivity index (χ0n) is 18.2. The molecule has 0 aromatic heterocycles. The van der Waals surface area contributed by atoms with Crippen LogP contribution in [0, 0.1) is 5.92 Å². The van der Waals surface area contributed by atoms with Crippen LogP contribution in [-0.4, -0.2) is 53.4 Å². The van der Waals surface area contributed by atoms with E-state index >= 15 is 0 Å². The molecule has 3 unspecified atom stereocenters. The minimum absolute atomic E-state index is 0.0768. The molecule has 0 radical (unpaired) electrons. The molecule has 1 heterocycles. The highest BCUT2D eigenvalue weighted by Crippen LogP contribution is 2.55. The van der Waals surface area contributed by atoms with Gasteiger partial charge in [0.05, 0.1) is 6.10 Å². The maximum Gasteiger partial charge on any atom is 0.534 e. The van der Waals surface area contributed by atoms with Crippen molar-refractivity contribution in [2.45, 2.75) is 56.2 Å². The van der Waals surface area contributed by atoms with Gasteiger partial charge in [0.15, 0.2) is 6.79 Å². The molecular formula is C20H27F3O8S. The Hall–Kier alpha value is -1.76. The molecule has 1 aliphatic carbocycles. The lowest BCUT2D eigenvalue weighted by atomic mass is 9.66. The van der Waals surface area contributed by atoms with Crippen molar-refractivity contribution in [1.29, 1.82) is 0 Å². The van der Waals surface area contributed by atoms with Crippen LogP contribution in [0.25, 0.3) is 0 Å². The lowest BCUT2D eigenvalue weighted by Gasteiger charge is -2.49. The van der Waals surface area contributed by atoms with E-state index in [2.05, 4.69) is 4.18 Å². The van der Waals surface area contributed by atoms with E-state index in [0.717, 1.165) is 25.0 Å². The highest BCUT2D eigenvalue weighted by atomic mass is 32.2. The zero-order valence-corrected chi connectivity index (χ0v) is 19.0. The van der Waals surface area contributed by atoms with Gasteiger partial charge < -0.3 is 27.9 Å². The SMILES string of the molecule is COCOc1cc(OS(=O)(=O)C(F)(F)F)cc2c1C1CC(OCOC)CCC1C(C)(C)O2. The quantitative estimate of drug-likeness (QED) is 0.311. The number of methoxy groups -OCH3 is 2. The van der Waals surface area contributed by atoms with Crippen molar-refractivity contribution in [3.8, 4) is 17.2 Å². The first-order valence-electron chi connectivity index (χ1n) is 9.99. The first-order chi connectivity index (χ1) is 14.9. The Morgan fingerprint density at radius 1 is 1.12 bits per heavy atom. The van der Waals surface area contributed by atoms with Gasteiger partial charge in [0, 0.05) is 43.8 Å². The van der Waals surface area contributed by atoms with Crippen molar-refractivity contribution >= 4 is 10.1 Å². The summed E-state index contributed by atoms with van der Waals surface area (Å²) in [5.74, 6) is -0.263. The average Bonchev–Trinajstić information content (AvgIpc) is 2.68. The van der Waals surface area contributed by atoms with E-state index in [4.69, 9.17) is 23.7 Å². The summed E-state index contributed by atoms with van der Waals surface area (Å²) in [5, 5.41) is 0. The monoisotopic (exact) mass is 484 g/mol. The summed E-state index contributed by atoms with van der Waals surface area (Å²) in [4.78, 5) is 0. The molecule has 1 saturated carbocycles. The number of alkyl halides is 3. The molecule has 2 aliphatic rings. The van der Waals surface area contributed by atoms with Crippen LogP contribution in [0.3, 0.4) is 0 Å². The number of ether oxygens (including phenoxy) is 5. The van der Waals surface area contributed by atoms with Gasteiger partial charge in [-0.3, -0.25) is 0 Å². The molecule has 8 nitrogen and oxygen atoms in total. The highest BCUT2D eigenvalue weighted by Gasteiger charge is 2.50. The summed E-state index contributed by atoms with van der Waals surface area (Å²) in [6.45, 7) is 3.72. The van der Waals surface area contributed by atoms with Crippen molar-refractivity contribution in [2.24, 2.45) is 5.92 Å². The van der Waals surface area contributed by atoms with Crippen molar-refractivity contribution < 1.29 is 49.5 Å². The van der Waals surface area contributed by atoms with E-state index in [9.17, 15) is 21.6 Å². The summed E-state index contributed by atoms with van der Waals surface area (Å²) >= 11 is 0. The van der Waals surface area contributed by atoms with Crippen LogP contribution in [0.2, 0.25) is 0 Å². The number of halogens is 3. The smallest absolute Gasteiger partial charge is 0.487 e. The average molecular weight is 484 g/mol. The fraction of sp³-hybridized carbons (Fsp3) is 0.700. The Morgan fingerprint density at radius 2 is 1.81 bits per heavy atom. The summed E-state index contributed by atoms with van der Waals surface area (Å²) < 4.78 is 93.3. The molecule has 32 heavy (non-hydrogen) atoms. The van der Waals surface area contributed by atoms with Gasteiger partial charge >= 0.3 is 15.6 Å². The summed E-state index contributed by atoms with van der Waals surface area (Å²) in [6, 6.07) is 2.26. The topological polar surface area (TPSA) is 89.5 Å². The third kappa shape index (κ3) is 5.08. The first kappa shape index (κ1) is 24.9. The lowest BCUT2D eigenvalue weighted by Crippen LogP contribution is -2.48. The van der Waals surface area contributed by atoms with Gasteiger partial charge in [0.2, 0.25) is 0 Å². The minimum Gasteiger partial charge on any atom is -0.487 e. The largest absolute Gasteiger partial charge is 0.534 e. The number of fused-ring (bicyclic) bond motifs is 3. The van der Waals surface area contributed by atoms with Crippen LogP contribution in [0.1, 0.15) is 44.6 Å². The number of hydrogen-bond donors (Lipinski definition) is 0. The summed E-state index contributed by atoms with van der Waals surface area (Å²) in [6.07, 6.45) is 2.11. The van der Waals surface area contributed by atoms with Crippen LogP contribution >= 0.6 is 0 Å². The van der Waals surface area contributed by atoms with Gasteiger partial charge in [-0.05, 0) is 33.1 Å². The molecule has 0 N–H and O–H groups in total. The van der Waals surface area contributed by atoms with Gasteiger partial charge in [0.1, 0.15) is 29.6 Å². The van der Waals surface area contributed by atoms with Crippen LogP contribution < -0.4 is 13.7 Å². The second-order valence-corrected chi connectivity index (χ2v) is 9.83. The molecule has 0 spiro atoms. The Kier molecular flexibility index (Phi) is 7.18. The Bertz CT molecular complexity index is 916. The predicted octanol–water partition coefficient (Wildman–Crippen LogP) is 3.94. The van der Waals surface area contributed by atoms with Gasteiger partial charge in [-0.2, -0.15) is 21.6 Å². The number of benzene rings is 1. The Balaban J connectivity index is 2.04. The van der Waals surface area contributed by atoms with Crippen molar-refractivity contribution in [3.63, 3.8) is 0 Å². The van der Waals surface area contributed by atoms with Crippen LogP contribution in [0.15, 0.2) is 12.1 Å². The van der Waals surface area contributed by atoms with Crippen LogP contribution in [0.4, 0.5) is 13.2 Å². The molecule has 0 bridgehead atoms. The predicted molar refractivity (Wildman–Crippen MR) is 106 cm³/mol. The zero-order chi connectivity index (χ0) is 23.7. The van der Waals surface area contributed by atoms with E-state index < -0.39 is 27.0 Å². The molecule has 3 atom stereocenters. The van der Waals surface area contributed by atoms with Gasteiger partial charge in [0.25, 0.3) is 0 Å². The molecule has 182 valence electrons. The van der Waals surface area contributed by atoms with Crippen LogP contribution in [0.5, 0.6) is 17.2 Å². The van der Waals surface area contributed by atoms with Crippen molar-refractivity contribution in [1.82, 2.24) is 0 Å². The lowest BCUT2D eigenvalue weighted by molar-refractivity contribution is -0.105. The molecule has 1 aromatic carbocycles. The second-order valence-electron chi connectivity index (χ2n) is 8.29. The maximum atomic E-state index is 12.8. The Morgan fingerprint density at radius 3 is 2.44 bits per heavy atom. The van der Waals surface area contributed by atoms with Crippen molar-refractivity contribution in [2.75, 3.05) is 27.8 Å². The molecule has 3 rings (SSSR count). The maximum absolute atomic E-state index is 12.8. The third-order valence-electron chi connectivity index (χ3n) is 5.76. The summed E-state index contributed by atoms with van der Waals surface area (Å²) in [7, 11) is -2.94. The molecule has 1 fully saturated rings. The minimum atomic E-state index is -5.86.